The van der Waals surface area contributed by atoms with Crippen molar-refractivity contribution in [3.63, 3.8) is 0 Å². The standard InChI is InChI=1S/C14H23NO3/c1-9-6-10(2)8-11(7-9)15-12(16)14(13(17)18)4-3-5-14/h9-11H,3-8H2,1-2H3,(H,15,16)(H,17,18). The maximum atomic E-state index is 12.2. The van der Waals surface area contributed by atoms with E-state index < -0.39 is 11.4 Å². The Labute approximate surface area is 108 Å². The summed E-state index contributed by atoms with van der Waals surface area (Å²) >= 11 is 0. The molecule has 2 rings (SSSR count). The molecule has 4 nitrogen and oxygen atoms in total. The van der Waals surface area contributed by atoms with E-state index in [1.807, 2.05) is 0 Å². The fraction of sp³-hybridized carbons (Fsp3) is 0.857. The van der Waals surface area contributed by atoms with E-state index in [-0.39, 0.29) is 11.9 Å². The monoisotopic (exact) mass is 253 g/mol. The lowest BCUT2D eigenvalue weighted by Gasteiger charge is -2.39. The van der Waals surface area contributed by atoms with Gasteiger partial charge >= 0.3 is 5.97 Å². The third-order valence-corrected chi connectivity index (χ3v) is 4.56. The van der Waals surface area contributed by atoms with Crippen LogP contribution in [-0.2, 0) is 9.59 Å². The maximum absolute atomic E-state index is 12.2. The van der Waals surface area contributed by atoms with E-state index in [1.165, 1.54) is 6.42 Å². The Hall–Kier alpha value is -1.06. The zero-order valence-electron chi connectivity index (χ0n) is 11.2. The van der Waals surface area contributed by atoms with Gasteiger partial charge in [0, 0.05) is 6.04 Å². The molecule has 1 amide bonds. The summed E-state index contributed by atoms with van der Waals surface area (Å²) in [5.74, 6) is 0.0122. The van der Waals surface area contributed by atoms with E-state index in [0.29, 0.717) is 24.7 Å². The lowest BCUT2D eigenvalue weighted by molar-refractivity contribution is -0.162. The second-order valence-corrected chi connectivity index (χ2v) is 6.33. The van der Waals surface area contributed by atoms with Crippen LogP contribution in [0.4, 0.5) is 0 Å². The van der Waals surface area contributed by atoms with E-state index in [0.717, 1.165) is 19.3 Å². The topological polar surface area (TPSA) is 66.4 Å². The van der Waals surface area contributed by atoms with Crippen molar-refractivity contribution in [2.24, 2.45) is 17.3 Å². The molecular weight excluding hydrogens is 230 g/mol. The fourth-order valence-electron chi connectivity index (χ4n) is 3.46. The normalized spacial score (nSPS) is 34.4. The van der Waals surface area contributed by atoms with Crippen LogP contribution >= 0.6 is 0 Å². The minimum atomic E-state index is -1.12. The van der Waals surface area contributed by atoms with Crippen molar-refractivity contribution in [2.75, 3.05) is 0 Å². The summed E-state index contributed by atoms with van der Waals surface area (Å²) in [4.78, 5) is 23.4. The Morgan fingerprint density at radius 1 is 1.11 bits per heavy atom. The van der Waals surface area contributed by atoms with Crippen molar-refractivity contribution in [2.45, 2.75) is 58.4 Å². The minimum absolute atomic E-state index is 0.160. The highest BCUT2D eigenvalue weighted by Gasteiger charge is 2.51. The van der Waals surface area contributed by atoms with Crippen molar-refractivity contribution in [3.05, 3.63) is 0 Å². The van der Waals surface area contributed by atoms with Crippen LogP contribution in [0.3, 0.4) is 0 Å². The minimum Gasteiger partial charge on any atom is -0.480 e. The lowest BCUT2D eigenvalue weighted by Crippen LogP contribution is -2.54. The van der Waals surface area contributed by atoms with Gasteiger partial charge in [-0.2, -0.15) is 0 Å². The summed E-state index contributed by atoms with van der Waals surface area (Å²) in [5.41, 5.74) is -1.12. The second kappa shape index (κ2) is 4.90. The van der Waals surface area contributed by atoms with Crippen LogP contribution in [0.25, 0.3) is 0 Å². The summed E-state index contributed by atoms with van der Waals surface area (Å²) < 4.78 is 0. The summed E-state index contributed by atoms with van der Waals surface area (Å²) in [6, 6.07) is 0.160. The Bertz CT molecular complexity index is 339. The Balaban J connectivity index is 1.96. The summed E-state index contributed by atoms with van der Waals surface area (Å²) in [5, 5.41) is 12.2. The molecule has 102 valence electrons. The molecule has 0 heterocycles. The summed E-state index contributed by atoms with van der Waals surface area (Å²) in [6.07, 6.45) is 4.99. The van der Waals surface area contributed by atoms with Crippen molar-refractivity contribution in [1.82, 2.24) is 5.32 Å². The zero-order valence-corrected chi connectivity index (χ0v) is 11.2. The number of carboxylic acid groups (broad SMARTS) is 1. The first kappa shape index (κ1) is 13.4. The summed E-state index contributed by atoms with van der Waals surface area (Å²) in [7, 11) is 0. The first-order valence-corrected chi connectivity index (χ1v) is 6.98. The molecular formula is C14H23NO3. The van der Waals surface area contributed by atoms with E-state index in [2.05, 4.69) is 19.2 Å². The number of carboxylic acids is 1. The molecule has 0 spiro atoms. The Morgan fingerprint density at radius 2 is 1.67 bits per heavy atom. The van der Waals surface area contributed by atoms with Crippen LogP contribution in [0.5, 0.6) is 0 Å². The highest BCUT2D eigenvalue weighted by molar-refractivity contribution is 6.02. The van der Waals surface area contributed by atoms with Crippen LogP contribution in [0.2, 0.25) is 0 Å². The average molecular weight is 253 g/mol. The highest BCUT2D eigenvalue weighted by atomic mass is 16.4. The smallest absolute Gasteiger partial charge is 0.319 e. The van der Waals surface area contributed by atoms with E-state index in [1.54, 1.807) is 0 Å². The molecule has 2 unspecified atom stereocenters. The Kier molecular flexibility index (Phi) is 3.64. The van der Waals surface area contributed by atoms with E-state index >= 15 is 0 Å². The van der Waals surface area contributed by atoms with Gasteiger partial charge < -0.3 is 10.4 Å². The number of hydrogen-bond acceptors (Lipinski definition) is 2. The average Bonchev–Trinajstić information content (AvgIpc) is 2.11. The molecule has 0 saturated heterocycles. The van der Waals surface area contributed by atoms with Gasteiger partial charge in [-0.3, -0.25) is 9.59 Å². The maximum Gasteiger partial charge on any atom is 0.319 e. The molecule has 0 aromatic heterocycles. The number of hydrogen-bond donors (Lipinski definition) is 2. The third kappa shape index (κ3) is 2.38. The number of amides is 1. The molecule has 18 heavy (non-hydrogen) atoms. The van der Waals surface area contributed by atoms with Gasteiger partial charge in [0.15, 0.2) is 0 Å². The predicted octanol–water partition coefficient (Wildman–Crippen LogP) is 2.18. The molecule has 0 aliphatic heterocycles. The third-order valence-electron chi connectivity index (χ3n) is 4.56. The molecule has 2 saturated carbocycles. The first-order valence-electron chi connectivity index (χ1n) is 6.98. The predicted molar refractivity (Wildman–Crippen MR) is 68.0 cm³/mol. The highest BCUT2D eigenvalue weighted by Crippen LogP contribution is 2.42. The van der Waals surface area contributed by atoms with Gasteiger partial charge in [-0.05, 0) is 43.9 Å². The van der Waals surface area contributed by atoms with E-state index in [4.69, 9.17) is 0 Å². The molecule has 2 aliphatic rings. The van der Waals surface area contributed by atoms with Gasteiger partial charge in [0.2, 0.25) is 5.91 Å². The molecule has 2 aliphatic carbocycles. The van der Waals surface area contributed by atoms with Crippen LogP contribution in [-0.4, -0.2) is 23.0 Å². The van der Waals surface area contributed by atoms with Crippen molar-refractivity contribution in [3.8, 4) is 0 Å². The zero-order chi connectivity index (χ0) is 13.3. The molecule has 0 aromatic rings. The molecule has 4 heteroatoms. The fourth-order valence-corrected chi connectivity index (χ4v) is 3.46. The molecule has 2 fully saturated rings. The van der Waals surface area contributed by atoms with E-state index in [9.17, 15) is 14.7 Å². The number of carbonyl (C=O) groups excluding carboxylic acids is 1. The van der Waals surface area contributed by atoms with Crippen molar-refractivity contribution < 1.29 is 14.7 Å². The first-order chi connectivity index (χ1) is 8.44. The van der Waals surface area contributed by atoms with Gasteiger partial charge in [0.05, 0.1) is 0 Å². The van der Waals surface area contributed by atoms with Gasteiger partial charge in [-0.25, -0.2) is 0 Å². The van der Waals surface area contributed by atoms with Gasteiger partial charge in [0.1, 0.15) is 5.41 Å². The molecule has 2 N–H and O–H groups in total. The Morgan fingerprint density at radius 3 is 2.06 bits per heavy atom. The van der Waals surface area contributed by atoms with Gasteiger partial charge in [0.25, 0.3) is 0 Å². The van der Waals surface area contributed by atoms with Gasteiger partial charge in [-0.1, -0.05) is 20.3 Å². The SMILES string of the molecule is CC1CC(C)CC(NC(=O)C2(C(=O)O)CCC2)C1. The van der Waals surface area contributed by atoms with Crippen molar-refractivity contribution in [1.29, 1.82) is 0 Å². The molecule has 0 aromatic carbocycles. The van der Waals surface area contributed by atoms with Crippen LogP contribution in [0.1, 0.15) is 52.4 Å². The quantitative estimate of drug-likeness (QED) is 0.758. The molecule has 2 atom stereocenters. The van der Waals surface area contributed by atoms with Crippen LogP contribution in [0, 0.1) is 17.3 Å². The van der Waals surface area contributed by atoms with Crippen LogP contribution < -0.4 is 5.32 Å². The molecule has 0 radical (unpaired) electrons. The molecule has 0 bridgehead atoms. The second-order valence-electron chi connectivity index (χ2n) is 6.33. The van der Waals surface area contributed by atoms with Crippen molar-refractivity contribution >= 4 is 11.9 Å². The number of rotatable bonds is 3. The number of nitrogens with one attached hydrogen (secondary N) is 1. The van der Waals surface area contributed by atoms with Crippen LogP contribution in [0.15, 0.2) is 0 Å². The number of aliphatic carboxylic acids is 1. The summed E-state index contributed by atoms with van der Waals surface area (Å²) in [6.45, 7) is 4.40. The van der Waals surface area contributed by atoms with Gasteiger partial charge in [-0.15, -0.1) is 0 Å². The lowest BCUT2D eigenvalue weighted by atomic mass is 9.67. The largest absolute Gasteiger partial charge is 0.480 e. The number of carbonyl (C=O) groups is 2.